The second-order valence-electron chi connectivity index (χ2n) is 3.99. The molecule has 1 unspecified atom stereocenters. The lowest BCUT2D eigenvalue weighted by atomic mass is 10.2. The molecule has 0 aromatic carbocycles. The molecule has 0 spiro atoms. The Kier molecular flexibility index (Phi) is 22.5. The molecule has 0 amide bonds. The number of aliphatic hydroxyl groups excluding tert-OH is 1. The van der Waals surface area contributed by atoms with E-state index in [1.807, 2.05) is 26.0 Å². The van der Waals surface area contributed by atoms with Gasteiger partial charge in [-0.1, -0.05) is 24.3 Å². The van der Waals surface area contributed by atoms with Crippen LogP contribution in [0.15, 0.2) is 24.3 Å². The van der Waals surface area contributed by atoms with Crippen LogP contribution in [0.2, 0.25) is 0 Å². The highest BCUT2D eigenvalue weighted by Crippen LogP contribution is 2.21. The highest BCUT2D eigenvalue weighted by Gasteiger charge is 2.18. The van der Waals surface area contributed by atoms with Crippen molar-refractivity contribution in [1.29, 1.82) is 0 Å². The maximum Gasteiger partial charge on any atom is 0.728 e. The molecule has 0 aromatic heterocycles. The second-order valence-corrected chi connectivity index (χ2v) is 4.86. The first kappa shape index (κ1) is 21.7. The first-order chi connectivity index (χ1) is 9.72. The van der Waals surface area contributed by atoms with E-state index in [2.05, 4.69) is 21.4 Å². The van der Waals surface area contributed by atoms with Crippen LogP contribution in [0.1, 0.15) is 52.4 Å². The van der Waals surface area contributed by atoms with Gasteiger partial charge in [0.15, 0.2) is 0 Å². The SMILES string of the molecule is C/C=C/CCCCO.C/C=C/CCCCO[P+](=O)OO. The van der Waals surface area contributed by atoms with Gasteiger partial charge in [-0.25, -0.2) is 5.26 Å². The van der Waals surface area contributed by atoms with Crippen LogP contribution in [0.4, 0.5) is 0 Å². The molecule has 0 heterocycles. The summed E-state index contributed by atoms with van der Waals surface area (Å²) in [7, 11) is -2.32. The van der Waals surface area contributed by atoms with Crippen molar-refractivity contribution in [3.05, 3.63) is 24.3 Å². The summed E-state index contributed by atoms with van der Waals surface area (Å²) in [6, 6.07) is 0. The molecule has 6 heteroatoms. The van der Waals surface area contributed by atoms with Crippen LogP contribution in [0.3, 0.4) is 0 Å². The fourth-order valence-corrected chi connectivity index (χ4v) is 1.56. The molecule has 0 rings (SSSR count). The zero-order valence-corrected chi connectivity index (χ0v) is 13.4. The molecule has 118 valence electrons. The van der Waals surface area contributed by atoms with Crippen molar-refractivity contribution in [2.75, 3.05) is 13.2 Å². The van der Waals surface area contributed by atoms with Crippen LogP contribution in [0.5, 0.6) is 0 Å². The van der Waals surface area contributed by atoms with Crippen molar-refractivity contribution in [2.24, 2.45) is 0 Å². The minimum Gasteiger partial charge on any atom is -0.396 e. The summed E-state index contributed by atoms with van der Waals surface area (Å²) in [5.41, 5.74) is 0. The molecule has 0 bridgehead atoms. The van der Waals surface area contributed by atoms with Gasteiger partial charge in [-0.05, 0) is 52.4 Å². The summed E-state index contributed by atoms with van der Waals surface area (Å²) in [6.45, 7) is 4.66. The average molecular weight is 307 g/mol. The van der Waals surface area contributed by atoms with Gasteiger partial charge in [-0.2, -0.15) is 0 Å². The quantitative estimate of drug-likeness (QED) is 0.191. The highest BCUT2D eigenvalue weighted by atomic mass is 31.1. The molecule has 0 aliphatic heterocycles. The monoisotopic (exact) mass is 307 g/mol. The number of allylic oxidation sites excluding steroid dienone is 4. The van der Waals surface area contributed by atoms with E-state index in [1.165, 1.54) is 0 Å². The molecular formula is C14H28O5P+. The van der Waals surface area contributed by atoms with Crippen LogP contribution in [0, 0.1) is 0 Å². The molecule has 0 aliphatic rings. The molecule has 0 fully saturated rings. The van der Waals surface area contributed by atoms with Crippen LogP contribution in [0.25, 0.3) is 0 Å². The van der Waals surface area contributed by atoms with Gasteiger partial charge >= 0.3 is 8.25 Å². The molecule has 0 aliphatic carbocycles. The molecule has 0 saturated heterocycles. The Bertz CT molecular complexity index is 254. The van der Waals surface area contributed by atoms with E-state index in [0.29, 0.717) is 13.2 Å². The predicted octanol–water partition coefficient (Wildman–Crippen LogP) is 4.62. The van der Waals surface area contributed by atoms with Gasteiger partial charge in [0, 0.05) is 11.2 Å². The summed E-state index contributed by atoms with van der Waals surface area (Å²) in [5, 5.41) is 16.2. The third-order valence-corrected chi connectivity index (χ3v) is 2.81. The predicted molar refractivity (Wildman–Crippen MR) is 81.7 cm³/mol. The van der Waals surface area contributed by atoms with Crippen LogP contribution >= 0.6 is 8.25 Å². The Hall–Kier alpha value is -0.580. The highest BCUT2D eigenvalue weighted by molar-refractivity contribution is 7.33. The van der Waals surface area contributed by atoms with Gasteiger partial charge in [0.05, 0.1) is 4.67 Å². The van der Waals surface area contributed by atoms with E-state index in [9.17, 15) is 4.57 Å². The van der Waals surface area contributed by atoms with Crippen molar-refractivity contribution in [2.45, 2.75) is 52.4 Å². The molecule has 20 heavy (non-hydrogen) atoms. The van der Waals surface area contributed by atoms with Crippen molar-refractivity contribution < 1.29 is 24.1 Å². The van der Waals surface area contributed by atoms with Crippen molar-refractivity contribution in [1.82, 2.24) is 0 Å². The van der Waals surface area contributed by atoms with E-state index in [1.54, 1.807) is 0 Å². The van der Waals surface area contributed by atoms with Gasteiger partial charge in [0.25, 0.3) is 0 Å². The summed E-state index contributed by atoms with van der Waals surface area (Å²) in [6.07, 6.45) is 14.2. The summed E-state index contributed by atoms with van der Waals surface area (Å²) >= 11 is 0. The normalized spacial score (nSPS) is 11.7. The zero-order valence-electron chi connectivity index (χ0n) is 12.5. The van der Waals surface area contributed by atoms with E-state index >= 15 is 0 Å². The Labute approximate surface area is 123 Å². The summed E-state index contributed by atoms with van der Waals surface area (Å²) in [4.78, 5) is 0. The third kappa shape index (κ3) is 22.6. The van der Waals surface area contributed by atoms with Gasteiger partial charge < -0.3 is 5.11 Å². The third-order valence-electron chi connectivity index (χ3n) is 2.28. The molecule has 0 saturated carbocycles. The fraction of sp³-hybridized carbons (Fsp3) is 0.714. The topological polar surface area (TPSA) is 76.0 Å². The maximum atomic E-state index is 10.3. The molecule has 0 radical (unpaired) electrons. The first-order valence-corrected chi connectivity index (χ1v) is 8.07. The molecule has 2 N–H and O–H groups in total. The Morgan fingerprint density at radius 2 is 1.55 bits per heavy atom. The van der Waals surface area contributed by atoms with Gasteiger partial charge in [0.2, 0.25) is 0 Å². The van der Waals surface area contributed by atoms with Gasteiger partial charge in [-0.15, -0.1) is 4.52 Å². The van der Waals surface area contributed by atoms with Crippen LogP contribution in [-0.2, 0) is 13.8 Å². The lowest BCUT2D eigenvalue weighted by molar-refractivity contribution is -0.142. The maximum absolute atomic E-state index is 10.3. The number of aliphatic hydroxyl groups is 1. The lowest BCUT2D eigenvalue weighted by Gasteiger charge is -1.90. The van der Waals surface area contributed by atoms with Crippen molar-refractivity contribution >= 4 is 8.25 Å². The Balaban J connectivity index is 0. The summed E-state index contributed by atoms with van der Waals surface area (Å²) in [5.74, 6) is 0. The minimum atomic E-state index is -2.32. The standard InChI is InChI=1S/C7H13O4P.C7H14O/c1-2-3-4-5-6-7-10-12(9)11-8;1-2-3-4-5-6-7-8/h2-3H,4-7H2,1H3;2-3,8H,4-7H2,1H3/p+1/b2*3-2+. The minimum absolute atomic E-state index is 0.331. The molecule has 1 atom stereocenters. The second kappa shape index (κ2) is 20.7. The largest absolute Gasteiger partial charge is 0.728 e. The molecule has 5 nitrogen and oxygen atoms in total. The lowest BCUT2D eigenvalue weighted by Crippen LogP contribution is -1.86. The Morgan fingerprint density at radius 1 is 1.00 bits per heavy atom. The zero-order chi connectivity index (χ0) is 15.5. The van der Waals surface area contributed by atoms with E-state index in [-0.39, 0.29) is 0 Å². The number of hydrogen-bond acceptors (Lipinski definition) is 5. The van der Waals surface area contributed by atoms with Crippen molar-refractivity contribution in [3.63, 3.8) is 0 Å². The van der Waals surface area contributed by atoms with E-state index in [4.69, 9.17) is 10.4 Å². The number of hydrogen-bond donors (Lipinski definition) is 2. The average Bonchev–Trinajstić information content (AvgIpc) is 2.47. The summed E-state index contributed by atoms with van der Waals surface area (Å²) < 4.78 is 18.4. The van der Waals surface area contributed by atoms with E-state index in [0.717, 1.165) is 38.5 Å². The molecule has 0 aromatic rings. The van der Waals surface area contributed by atoms with Crippen molar-refractivity contribution in [3.8, 4) is 0 Å². The van der Waals surface area contributed by atoms with Gasteiger partial charge in [-0.3, -0.25) is 0 Å². The van der Waals surface area contributed by atoms with Crippen LogP contribution in [-0.4, -0.2) is 23.6 Å². The number of rotatable bonds is 11. The fourth-order valence-electron chi connectivity index (χ4n) is 1.23. The smallest absolute Gasteiger partial charge is 0.396 e. The Morgan fingerprint density at radius 3 is 2.00 bits per heavy atom. The van der Waals surface area contributed by atoms with Crippen LogP contribution < -0.4 is 0 Å². The molecular weight excluding hydrogens is 279 g/mol. The first-order valence-electron chi connectivity index (χ1n) is 6.97. The van der Waals surface area contributed by atoms with E-state index < -0.39 is 8.25 Å². The number of unbranched alkanes of at least 4 members (excludes halogenated alkanes) is 4. The van der Waals surface area contributed by atoms with Gasteiger partial charge in [0.1, 0.15) is 6.61 Å².